The molecule has 17 heavy (non-hydrogen) atoms. The number of piperazine rings is 1. The van der Waals surface area contributed by atoms with Crippen molar-refractivity contribution in [3.63, 3.8) is 0 Å². The molecule has 1 saturated heterocycles. The number of amides is 1. The molecule has 92 valence electrons. The number of hydrogen-bond acceptors (Lipinski definition) is 3. The second-order valence-electron chi connectivity index (χ2n) is 4.16. The molecule has 1 aliphatic rings. The number of nitrogens with zero attached hydrogens (tertiary/aromatic N) is 2. The molecule has 0 N–H and O–H groups in total. The Morgan fingerprint density at radius 2 is 1.82 bits per heavy atom. The van der Waals surface area contributed by atoms with Crippen molar-refractivity contribution in [2.24, 2.45) is 0 Å². The minimum Gasteiger partial charge on any atom is -0.367 e. The summed E-state index contributed by atoms with van der Waals surface area (Å²) in [6, 6.07) is 8.46. The number of rotatable bonds is 2. The Balaban J connectivity index is 2.07. The maximum atomic E-state index is 11.3. The summed E-state index contributed by atoms with van der Waals surface area (Å²) in [5.74, 6) is 0.183. The van der Waals surface area contributed by atoms with E-state index in [-0.39, 0.29) is 5.91 Å². The van der Waals surface area contributed by atoms with Crippen LogP contribution in [0.4, 0.5) is 5.69 Å². The van der Waals surface area contributed by atoms with Crippen molar-refractivity contribution in [2.45, 2.75) is 11.8 Å². The smallest absolute Gasteiger partial charge is 0.219 e. The molecule has 1 aliphatic heterocycles. The third-order valence-electron chi connectivity index (χ3n) is 3.15. The van der Waals surface area contributed by atoms with E-state index >= 15 is 0 Å². The van der Waals surface area contributed by atoms with Crippen molar-refractivity contribution < 1.29 is 4.79 Å². The zero-order chi connectivity index (χ0) is 12.3. The Bertz CT molecular complexity index is 400. The van der Waals surface area contributed by atoms with Crippen LogP contribution in [-0.2, 0) is 4.79 Å². The predicted molar refractivity (Wildman–Crippen MR) is 72.7 cm³/mol. The van der Waals surface area contributed by atoms with E-state index in [9.17, 15) is 4.79 Å². The highest BCUT2D eigenvalue weighted by molar-refractivity contribution is 7.98. The summed E-state index contributed by atoms with van der Waals surface area (Å²) in [5.41, 5.74) is 1.29. The van der Waals surface area contributed by atoms with Crippen LogP contribution in [0.3, 0.4) is 0 Å². The molecular weight excluding hydrogens is 232 g/mol. The maximum absolute atomic E-state index is 11.3. The molecule has 0 aromatic heterocycles. The van der Waals surface area contributed by atoms with Gasteiger partial charge in [-0.3, -0.25) is 4.79 Å². The first-order valence-electron chi connectivity index (χ1n) is 5.86. The lowest BCUT2D eigenvalue weighted by molar-refractivity contribution is -0.129. The Morgan fingerprint density at radius 1 is 1.18 bits per heavy atom. The van der Waals surface area contributed by atoms with Crippen molar-refractivity contribution in [1.82, 2.24) is 4.90 Å². The lowest BCUT2D eigenvalue weighted by Crippen LogP contribution is -2.48. The average Bonchev–Trinajstić information content (AvgIpc) is 2.39. The maximum Gasteiger partial charge on any atom is 0.219 e. The van der Waals surface area contributed by atoms with E-state index in [1.54, 1.807) is 18.7 Å². The first kappa shape index (κ1) is 12.3. The van der Waals surface area contributed by atoms with E-state index in [0.717, 1.165) is 26.2 Å². The molecule has 0 aliphatic carbocycles. The highest BCUT2D eigenvalue weighted by Crippen LogP contribution is 2.28. The molecule has 1 amide bonds. The predicted octanol–water partition coefficient (Wildman–Crippen LogP) is 2.08. The van der Waals surface area contributed by atoms with Gasteiger partial charge >= 0.3 is 0 Å². The standard InChI is InChI=1S/C13H18N2OS/c1-11(16)14-7-9-15(10-8-14)12-5-3-4-6-13(12)17-2/h3-6H,7-10H2,1-2H3. The third-order valence-corrected chi connectivity index (χ3v) is 3.94. The number of hydrogen-bond donors (Lipinski definition) is 0. The summed E-state index contributed by atoms with van der Waals surface area (Å²) < 4.78 is 0. The number of carbonyl (C=O) groups is 1. The van der Waals surface area contributed by atoms with Crippen LogP contribution in [0.2, 0.25) is 0 Å². The molecule has 1 fully saturated rings. The van der Waals surface area contributed by atoms with Gasteiger partial charge in [-0.05, 0) is 18.4 Å². The average molecular weight is 250 g/mol. The highest BCUT2D eigenvalue weighted by Gasteiger charge is 2.19. The summed E-state index contributed by atoms with van der Waals surface area (Å²) in [6.07, 6.45) is 2.10. The van der Waals surface area contributed by atoms with Gasteiger partial charge in [0, 0.05) is 38.0 Å². The molecule has 2 rings (SSSR count). The second kappa shape index (κ2) is 5.45. The topological polar surface area (TPSA) is 23.6 Å². The SMILES string of the molecule is CSc1ccccc1N1CCN(C(C)=O)CC1. The summed E-state index contributed by atoms with van der Waals surface area (Å²) >= 11 is 1.77. The van der Waals surface area contributed by atoms with E-state index in [2.05, 4.69) is 35.4 Å². The molecule has 0 bridgehead atoms. The number of thioether (sulfide) groups is 1. The van der Waals surface area contributed by atoms with Crippen molar-refractivity contribution in [3.05, 3.63) is 24.3 Å². The van der Waals surface area contributed by atoms with Gasteiger partial charge in [0.1, 0.15) is 0 Å². The molecule has 0 saturated carbocycles. The molecule has 1 aromatic carbocycles. The fourth-order valence-electron chi connectivity index (χ4n) is 2.15. The zero-order valence-corrected chi connectivity index (χ0v) is 11.2. The number of benzene rings is 1. The van der Waals surface area contributed by atoms with Gasteiger partial charge < -0.3 is 9.80 Å². The first-order valence-corrected chi connectivity index (χ1v) is 7.08. The lowest BCUT2D eigenvalue weighted by Gasteiger charge is -2.36. The zero-order valence-electron chi connectivity index (χ0n) is 10.3. The molecule has 0 unspecified atom stereocenters. The van der Waals surface area contributed by atoms with Gasteiger partial charge in [-0.1, -0.05) is 12.1 Å². The molecule has 4 heteroatoms. The van der Waals surface area contributed by atoms with Crippen molar-refractivity contribution in [3.8, 4) is 0 Å². The number of carbonyl (C=O) groups excluding carboxylic acids is 1. The van der Waals surface area contributed by atoms with E-state index < -0.39 is 0 Å². The molecular formula is C13H18N2OS. The van der Waals surface area contributed by atoms with Crippen LogP contribution in [0.5, 0.6) is 0 Å². The second-order valence-corrected chi connectivity index (χ2v) is 5.01. The Morgan fingerprint density at radius 3 is 2.41 bits per heavy atom. The molecule has 1 aromatic rings. The highest BCUT2D eigenvalue weighted by atomic mass is 32.2. The minimum atomic E-state index is 0.183. The van der Waals surface area contributed by atoms with Gasteiger partial charge in [0.15, 0.2) is 0 Å². The van der Waals surface area contributed by atoms with Crippen LogP contribution in [-0.4, -0.2) is 43.2 Å². The summed E-state index contributed by atoms with van der Waals surface area (Å²) in [4.78, 5) is 16.9. The quantitative estimate of drug-likeness (QED) is 0.751. The van der Waals surface area contributed by atoms with Gasteiger partial charge in [-0.25, -0.2) is 0 Å². The minimum absolute atomic E-state index is 0.183. The van der Waals surface area contributed by atoms with Crippen LogP contribution in [0, 0.1) is 0 Å². The Hall–Kier alpha value is -1.16. The first-order chi connectivity index (χ1) is 8.22. The van der Waals surface area contributed by atoms with Crippen molar-refractivity contribution in [2.75, 3.05) is 37.3 Å². The van der Waals surface area contributed by atoms with E-state index in [1.807, 2.05) is 4.90 Å². The summed E-state index contributed by atoms with van der Waals surface area (Å²) in [7, 11) is 0. The largest absolute Gasteiger partial charge is 0.367 e. The summed E-state index contributed by atoms with van der Waals surface area (Å²) in [5, 5.41) is 0. The Labute approximate surface area is 107 Å². The summed E-state index contributed by atoms with van der Waals surface area (Å²) in [6.45, 7) is 5.16. The van der Waals surface area contributed by atoms with Crippen LogP contribution in [0.1, 0.15) is 6.92 Å². The number of para-hydroxylation sites is 1. The lowest BCUT2D eigenvalue weighted by atomic mass is 10.2. The van der Waals surface area contributed by atoms with Crippen LogP contribution >= 0.6 is 11.8 Å². The van der Waals surface area contributed by atoms with Gasteiger partial charge in [0.25, 0.3) is 0 Å². The van der Waals surface area contributed by atoms with E-state index in [1.165, 1.54) is 10.6 Å². The van der Waals surface area contributed by atoms with Gasteiger partial charge in [0.2, 0.25) is 5.91 Å². The van der Waals surface area contributed by atoms with Crippen molar-refractivity contribution >= 4 is 23.4 Å². The van der Waals surface area contributed by atoms with Crippen LogP contribution in [0.15, 0.2) is 29.2 Å². The normalized spacial score (nSPS) is 16.1. The van der Waals surface area contributed by atoms with Gasteiger partial charge in [0.05, 0.1) is 5.69 Å². The third kappa shape index (κ3) is 2.75. The van der Waals surface area contributed by atoms with Gasteiger partial charge in [-0.15, -0.1) is 11.8 Å². The molecule has 0 atom stereocenters. The van der Waals surface area contributed by atoms with Crippen molar-refractivity contribution in [1.29, 1.82) is 0 Å². The molecule has 0 radical (unpaired) electrons. The van der Waals surface area contributed by atoms with Crippen LogP contribution in [0.25, 0.3) is 0 Å². The molecule has 0 spiro atoms. The van der Waals surface area contributed by atoms with Gasteiger partial charge in [-0.2, -0.15) is 0 Å². The fraction of sp³-hybridized carbons (Fsp3) is 0.462. The Kier molecular flexibility index (Phi) is 3.94. The van der Waals surface area contributed by atoms with Crippen LogP contribution < -0.4 is 4.90 Å². The number of anilines is 1. The fourth-order valence-corrected chi connectivity index (χ4v) is 2.77. The molecule has 1 heterocycles. The van der Waals surface area contributed by atoms with E-state index in [0.29, 0.717) is 0 Å². The monoisotopic (exact) mass is 250 g/mol. The van der Waals surface area contributed by atoms with E-state index in [4.69, 9.17) is 0 Å². The molecule has 3 nitrogen and oxygen atoms in total.